The van der Waals surface area contributed by atoms with E-state index in [1.54, 1.807) is 0 Å². The zero-order chi connectivity index (χ0) is 14.7. The summed E-state index contributed by atoms with van der Waals surface area (Å²) in [7, 11) is 0. The first-order valence-corrected chi connectivity index (χ1v) is 7.30. The van der Waals surface area contributed by atoms with E-state index in [2.05, 4.69) is 12.2 Å². The summed E-state index contributed by atoms with van der Waals surface area (Å²) in [6.07, 6.45) is 5.88. The Morgan fingerprint density at radius 2 is 1.79 bits per heavy atom. The molecule has 0 aliphatic rings. The van der Waals surface area contributed by atoms with E-state index in [0.717, 1.165) is 25.7 Å². The lowest BCUT2D eigenvalue weighted by Gasteiger charge is -2.25. The number of carboxylic acid groups (broad SMARTS) is 1. The topological polar surface area (TPSA) is 89.8 Å². The predicted molar refractivity (Wildman–Crippen MR) is 75.1 cm³/mol. The van der Waals surface area contributed by atoms with Crippen molar-refractivity contribution in [2.75, 3.05) is 6.61 Å². The molecule has 0 aliphatic carbocycles. The highest BCUT2D eigenvalue weighted by Crippen LogP contribution is 2.11. The van der Waals surface area contributed by atoms with Gasteiger partial charge in [0.05, 0.1) is 6.10 Å². The van der Waals surface area contributed by atoms with Crippen LogP contribution >= 0.6 is 0 Å². The molecule has 0 aromatic carbocycles. The normalized spacial score (nSPS) is 16.0. The number of carboxylic acids is 1. The minimum Gasteiger partial charge on any atom is -0.480 e. The summed E-state index contributed by atoms with van der Waals surface area (Å²) in [6, 6.07) is -0.894. The highest BCUT2D eigenvalue weighted by Gasteiger charge is 2.25. The standard InChI is InChI=1S/C14H29NO4/c1-3-4-5-6-8-12(9-7-10-16)15-13(11(2)17)14(18)19/h11-13,15-17H,3-10H2,1-2H3,(H,18,19). The molecule has 5 heteroatoms. The van der Waals surface area contributed by atoms with Crippen molar-refractivity contribution < 1.29 is 20.1 Å². The van der Waals surface area contributed by atoms with Gasteiger partial charge in [-0.3, -0.25) is 10.1 Å². The van der Waals surface area contributed by atoms with Crippen molar-refractivity contribution in [3.63, 3.8) is 0 Å². The summed E-state index contributed by atoms with van der Waals surface area (Å²) in [5.74, 6) is -1.03. The molecule has 0 aliphatic heterocycles. The molecular formula is C14H29NO4. The summed E-state index contributed by atoms with van der Waals surface area (Å²) in [6.45, 7) is 3.74. The molecule has 0 heterocycles. The van der Waals surface area contributed by atoms with Crippen molar-refractivity contribution in [3.8, 4) is 0 Å². The Morgan fingerprint density at radius 3 is 2.26 bits per heavy atom. The Balaban J connectivity index is 4.26. The molecule has 0 radical (unpaired) electrons. The van der Waals surface area contributed by atoms with Crippen LogP contribution in [-0.4, -0.2) is 46.1 Å². The van der Waals surface area contributed by atoms with Crippen LogP contribution in [0.15, 0.2) is 0 Å². The van der Waals surface area contributed by atoms with E-state index in [1.165, 1.54) is 19.8 Å². The summed E-state index contributed by atoms with van der Waals surface area (Å²) >= 11 is 0. The van der Waals surface area contributed by atoms with E-state index in [-0.39, 0.29) is 12.6 Å². The first-order valence-electron chi connectivity index (χ1n) is 7.30. The van der Waals surface area contributed by atoms with Gasteiger partial charge in [0.25, 0.3) is 0 Å². The molecule has 0 bridgehead atoms. The average molecular weight is 275 g/mol. The molecular weight excluding hydrogens is 246 g/mol. The van der Waals surface area contributed by atoms with Crippen LogP contribution in [0.4, 0.5) is 0 Å². The van der Waals surface area contributed by atoms with E-state index >= 15 is 0 Å². The Bertz CT molecular complexity index is 233. The molecule has 5 nitrogen and oxygen atoms in total. The molecule has 0 spiro atoms. The van der Waals surface area contributed by atoms with E-state index in [4.69, 9.17) is 10.2 Å². The molecule has 3 unspecified atom stereocenters. The van der Waals surface area contributed by atoms with Crippen molar-refractivity contribution in [2.24, 2.45) is 0 Å². The van der Waals surface area contributed by atoms with Gasteiger partial charge >= 0.3 is 5.97 Å². The maximum Gasteiger partial charge on any atom is 0.323 e. The molecule has 3 atom stereocenters. The summed E-state index contributed by atoms with van der Waals surface area (Å²) < 4.78 is 0. The van der Waals surface area contributed by atoms with Gasteiger partial charge in [-0.25, -0.2) is 0 Å². The second kappa shape index (κ2) is 11.2. The number of aliphatic hydroxyl groups is 2. The highest BCUT2D eigenvalue weighted by molar-refractivity contribution is 5.74. The summed E-state index contributed by atoms with van der Waals surface area (Å²) in [5, 5.41) is 30.4. The third kappa shape index (κ3) is 8.97. The molecule has 0 aromatic rings. The van der Waals surface area contributed by atoms with Crippen molar-refractivity contribution in [1.82, 2.24) is 5.32 Å². The Labute approximate surface area is 116 Å². The highest BCUT2D eigenvalue weighted by atomic mass is 16.4. The van der Waals surface area contributed by atoms with Gasteiger partial charge in [-0.15, -0.1) is 0 Å². The van der Waals surface area contributed by atoms with Gasteiger partial charge < -0.3 is 15.3 Å². The Morgan fingerprint density at radius 1 is 1.16 bits per heavy atom. The molecule has 0 aromatic heterocycles. The van der Waals surface area contributed by atoms with Gasteiger partial charge in [0, 0.05) is 12.6 Å². The smallest absolute Gasteiger partial charge is 0.323 e. The predicted octanol–water partition coefficient (Wildman–Crippen LogP) is 1.52. The third-order valence-electron chi connectivity index (χ3n) is 3.28. The molecule has 114 valence electrons. The lowest BCUT2D eigenvalue weighted by atomic mass is 10.0. The van der Waals surface area contributed by atoms with E-state index in [1.807, 2.05) is 0 Å². The zero-order valence-electron chi connectivity index (χ0n) is 12.1. The summed E-state index contributed by atoms with van der Waals surface area (Å²) in [4.78, 5) is 11.1. The number of hydrogen-bond donors (Lipinski definition) is 4. The van der Waals surface area contributed by atoms with Gasteiger partial charge in [0.1, 0.15) is 6.04 Å². The number of hydrogen-bond acceptors (Lipinski definition) is 4. The monoisotopic (exact) mass is 275 g/mol. The molecule has 0 saturated carbocycles. The number of aliphatic hydroxyl groups excluding tert-OH is 2. The fourth-order valence-corrected chi connectivity index (χ4v) is 2.14. The first-order chi connectivity index (χ1) is 9.02. The van der Waals surface area contributed by atoms with Crippen molar-refractivity contribution in [2.45, 2.75) is 77.0 Å². The first kappa shape index (κ1) is 18.4. The average Bonchev–Trinajstić information content (AvgIpc) is 2.35. The molecule has 19 heavy (non-hydrogen) atoms. The maximum atomic E-state index is 11.1. The van der Waals surface area contributed by atoms with Crippen LogP contribution in [0.3, 0.4) is 0 Å². The van der Waals surface area contributed by atoms with Gasteiger partial charge in [-0.2, -0.15) is 0 Å². The fourth-order valence-electron chi connectivity index (χ4n) is 2.14. The van der Waals surface area contributed by atoms with E-state index in [9.17, 15) is 9.90 Å². The van der Waals surface area contributed by atoms with Gasteiger partial charge in [-0.05, 0) is 26.2 Å². The molecule has 0 saturated heterocycles. The van der Waals surface area contributed by atoms with Crippen LogP contribution in [0.2, 0.25) is 0 Å². The molecule has 0 rings (SSSR count). The zero-order valence-corrected chi connectivity index (χ0v) is 12.1. The van der Waals surface area contributed by atoms with Crippen LogP contribution < -0.4 is 5.32 Å². The van der Waals surface area contributed by atoms with Crippen molar-refractivity contribution >= 4 is 5.97 Å². The van der Waals surface area contributed by atoms with Gasteiger partial charge in [-0.1, -0.05) is 32.6 Å². The second-order valence-corrected chi connectivity index (χ2v) is 5.14. The number of aliphatic carboxylic acids is 1. The lowest BCUT2D eigenvalue weighted by Crippen LogP contribution is -2.49. The quantitative estimate of drug-likeness (QED) is 0.405. The third-order valence-corrected chi connectivity index (χ3v) is 3.28. The minimum atomic E-state index is -1.03. The number of nitrogens with one attached hydrogen (secondary N) is 1. The number of unbranched alkanes of at least 4 members (excludes halogenated alkanes) is 3. The molecule has 0 amide bonds. The number of rotatable bonds is 12. The Kier molecular flexibility index (Phi) is 10.8. The SMILES string of the molecule is CCCCCCC(CCCO)NC(C(=O)O)C(C)O. The van der Waals surface area contributed by atoms with E-state index in [0.29, 0.717) is 6.42 Å². The van der Waals surface area contributed by atoms with E-state index < -0.39 is 18.1 Å². The second-order valence-electron chi connectivity index (χ2n) is 5.14. The van der Waals surface area contributed by atoms with Crippen LogP contribution in [-0.2, 0) is 4.79 Å². The Hall–Kier alpha value is -0.650. The van der Waals surface area contributed by atoms with Gasteiger partial charge in [0.2, 0.25) is 0 Å². The largest absolute Gasteiger partial charge is 0.480 e. The maximum absolute atomic E-state index is 11.1. The lowest BCUT2D eigenvalue weighted by molar-refractivity contribution is -0.142. The van der Waals surface area contributed by atoms with Crippen LogP contribution in [0, 0.1) is 0 Å². The van der Waals surface area contributed by atoms with Crippen LogP contribution in [0.1, 0.15) is 58.8 Å². The fraction of sp³-hybridized carbons (Fsp3) is 0.929. The minimum absolute atomic E-state index is 0.0414. The van der Waals surface area contributed by atoms with Gasteiger partial charge in [0.15, 0.2) is 0 Å². The van der Waals surface area contributed by atoms with Crippen molar-refractivity contribution in [1.29, 1.82) is 0 Å². The summed E-state index contributed by atoms with van der Waals surface area (Å²) in [5.41, 5.74) is 0. The number of carbonyl (C=O) groups is 1. The van der Waals surface area contributed by atoms with Crippen LogP contribution in [0.25, 0.3) is 0 Å². The van der Waals surface area contributed by atoms with Crippen LogP contribution in [0.5, 0.6) is 0 Å². The van der Waals surface area contributed by atoms with Crippen molar-refractivity contribution in [3.05, 3.63) is 0 Å². The molecule has 4 N–H and O–H groups in total. The molecule has 0 fully saturated rings.